The number of hydrogen-bond acceptors (Lipinski definition) is 6. The van der Waals surface area contributed by atoms with Crippen LogP contribution in [0.2, 0.25) is 5.02 Å². The number of primary amides is 2. The molecular formula is C30H23ClN4O5. The van der Waals surface area contributed by atoms with E-state index in [1.165, 1.54) is 18.2 Å². The van der Waals surface area contributed by atoms with Gasteiger partial charge in [0.1, 0.15) is 0 Å². The number of carbonyl (C=O) groups excluding carboxylic acids is 4. The second-order valence-electron chi connectivity index (χ2n) is 9.17. The topological polar surface area (TPSA) is 154 Å². The third-order valence-corrected chi connectivity index (χ3v) is 6.85. The molecule has 0 radical (unpaired) electrons. The number of amides is 3. The van der Waals surface area contributed by atoms with E-state index in [4.69, 9.17) is 32.8 Å². The molecule has 0 fully saturated rings. The average Bonchev–Trinajstić information content (AvgIpc) is 3.33. The Labute approximate surface area is 233 Å². The van der Waals surface area contributed by atoms with Crippen molar-refractivity contribution in [1.82, 2.24) is 4.98 Å². The van der Waals surface area contributed by atoms with E-state index in [0.29, 0.717) is 40.0 Å². The van der Waals surface area contributed by atoms with Crippen LogP contribution in [-0.2, 0) is 16.0 Å². The number of nitrogens with two attached hydrogens (primary N) is 2. The zero-order valence-corrected chi connectivity index (χ0v) is 21.8. The highest BCUT2D eigenvalue weighted by atomic mass is 35.5. The van der Waals surface area contributed by atoms with Gasteiger partial charge in [0.05, 0.1) is 16.8 Å². The molecule has 0 unspecified atom stereocenters. The van der Waals surface area contributed by atoms with Crippen molar-refractivity contribution in [3.05, 3.63) is 105 Å². The zero-order chi connectivity index (χ0) is 28.4. The Morgan fingerprint density at radius 3 is 2.30 bits per heavy atom. The first-order valence-corrected chi connectivity index (χ1v) is 12.7. The van der Waals surface area contributed by atoms with Crippen LogP contribution in [-0.4, -0.2) is 35.3 Å². The molecule has 1 aliphatic carbocycles. The minimum Gasteiger partial charge on any atom is -0.452 e. The number of benzene rings is 3. The predicted molar refractivity (Wildman–Crippen MR) is 152 cm³/mol. The Morgan fingerprint density at radius 1 is 0.925 bits per heavy atom. The van der Waals surface area contributed by atoms with Gasteiger partial charge in [-0.1, -0.05) is 48.0 Å². The number of rotatable bonds is 7. The smallest absolute Gasteiger partial charge is 0.339 e. The van der Waals surface area contributed by atoms with Gasteiger partial charge in [0.15, 0.2) is 6.61 Å². The number of esters is 1. The fourth-order valence-corrected chi connectivity index (χ4v) is 4.87. The van der Waals surface area contributed by atoms with Crippen molar-refractivity contribution in [3.63, 3.8) is 0 Å². The third-order valence-electron chi connectivity index (χ3n) is 6.50. The number of nitrogens with zero attached hydrogens (tertiary/aromatic N) is 1. The fraction of sp³-hybridized carbons (Fsp3) is 0.100. The van der Waals surface area contributed by atoms with Crippen LogP contribution >= 0.6 is 11.6 Å². The molecule has 1 heterocycles. The number of ether oxygens (including phenoxy) is 1. The molecule has 1 aliphatic rings. The molecule has 5 rings (SSSR count). The van der Waals surface area contributed by atoms with Crippen LogP contribution in [0.15, 0.2) is 66.7 Å². The molecule has 0 bridgehead atoms. The van der Waals surface area contributed by atoms with Gasteiger partial charge in [-0.25, -0.2) is 9.78 Å². The van der Waals surface area contributed by atoms with E-state index < -0.39 is 30.3 Å². The van der Waals surface area contributed by atoms with Gasteiger partial charge < -0.3 is 21.5 Å². The van der Waals surface area contributed by atoms with Crippen LogP contribution in [0.1, 0.15) is 54.3 Å². The summed E-state index contributed by atoms with van der Waals surface area (Å²) >= 11 is 6.36. The molecule has 9 nitrogen and oxygen atoms in total. The van der Waals surface area contributed by atoms with Crippen molar-refractivity contribution < 1.29 is 23.9 Å². The molecule has 40 heavy (non-hydrogen) atoms. The van der Waals surface area contributed by atoms with Crippen LogP contribution in [0.25, 0.3) is 22.6 Å². The lowest BCUT2D eigenvalue weighted by Gasteiger charge is -2.13. The second-order valence-corrected chi connectivity index (χ2v) is 9.58. The van der Waals surface area contributed by atoms with Gasteiger partial charge in [-0.15, -0.1) is 0 Å². The number of hydrogen-bond donors (Lipinski definition) is 3. The lowest BCUT2D eigenvalue weighted by molar-refractivity contribution is -0.119. The monoisotopic (exact) mass is 554 g/mol. The molecule has 0 atom stereocenters. The maximum Gasteiger partial charge on any atom is 0.339 e. The van der Waals surface area contributed by atoms with Crippen LogP contribution in [0.4, 0.5) is 5.69 Å². The van der Waals surface area contributed by atoms with Gasteiger partial charge in [-0.2, -0.15) is 0 Å². The summed E-state index contributed by atoms with van der Waals surface area (Å²) in [6.45, 7) is -0.612. The molecule has 3 amide bonds. The molecule has 10 heteroatoms. The number of para-hydroxylation sites is 1. The summed E-state index contributed by atoms with van der Waals surface area (Å²) in [6.07, 6.45) is 3.19. The maximum atomic E-state index is 13.4. The van der Waals surface area contributed by atoms with E-state index >= 15 is 0 Å². The molecule has 5 N–H and O–H groups in total. The minimum atomic E-state index is -0.800. The highest BCUT2D eigenvalue weighted by Gasteiger charge is 2.28. The van der Waals surface area contributed by atoms with Crippen LogP contribution < -0.4 is 16.8 Å². The van der Waals surface area contributed by atoms with Crippen LogP contribution in [0.3, 0.4) is 0 Å². The number of fused-ring (bicyclic) bond motifs is 2. The van der Waals surface area contributed by atoms with Crippen molar-refractivity contribution in [3.8, 4) is 0 Å². The van der Waals surface area contributed by atoms with Gasteiger partial charge in [0, 0.05) is 27.2 Å². The van der Waals surface area contributed by atoms with E-state index in [1.807, 2.05) is 42.5 Å². The van der Waals surface area contributed by atoms with Gasteiger partial charge in [0.25, 0.3) is 5.91 Å². The van der Waals surface area contributed by atoms with Crippen molar-refractivity contribution in [2.75, 3.05) is 11.9 Å². The largest absolute Gasteiger partial charge is 0.452 e. The maximum absolute atomic E-state index is 13.4. The van der Waals surface area contributed by atoms with Crippen molar-refractivity contribution in [1.29, 1.82) is 0 Å². The number of aromatic nitrogens is 1. The Kier molecular flexibility index (Phi) is 7.31. The van der Waals surface area contributed by atoms with Crippen molar-refractivity contribution in [2.45, 2.75) is 12.8 Å². The fourth-order valence-electron chi connectivity index (χ4n) is 4.68. The first-order chi connectivity index (χ1) is 19.2. The van der Waals surface area contributed by atoms with Gasteiger partial charge in [-0.05, 0) is 65.9 Å². The van der Waals surface area contributed by atoms with Gasteiger partial charge in [-0.3, -0.25) is 14.4 Å². The molecule has 0 saturated heterocycles. The molecule has 200 valence electrons. The average molecular weight is 555 g/mol. The summed E-state index contributed by atoms with van der Waals surface area (Å²) in [5.41, 5.74) is 14.9. The van der Waals surface area contributed by atoms with E-state index in [-0.39, 0.29) is 16.8 Å². The summed E-state index contributed by atoms with van der Waals surface area (Å²) in [6, 6.07) is 18.5. The number of halogens is 1. The third kappa shape index (κ3) is 5.41. The minimum absolute atomic E-state index is 0.0111. The number of carbonyl (C=O) groups is 4. The van der Waals surface area contributed by atoms with Gasteiger partial charge >= 0.3 is 5.97 Å². The standard InChI is InChI=1S/C30H23ClN4O5/c31-23-7-3-1-5-16(23)11-17-9-10-22-26(21-6-2-4-8-24(21)35-27(17)22)30(39)40-15-25(36)34-20-13-18(28(32)37)12-19(14-20)29(33)38/h1-8,11-14H,9-10,15H2,(H2,32,37)(H2,33,38)(H,34,36)/b17-11-. The molecule has 3 aromatic carbocycles. The number of allylic oxidation sites excluding steroid dienone is 1. The Balaban J connectivity index is 1.41. The lowest BCUT2D eigenvalue weighted by atomic mass is 10.0. The summed E-state index contributed by atoms with van der Waals surface area (Å²) in [4.78, 5) is 54.1. The number of anilines is 1. The summed E-state index contributed by atoms with van der Waals surface area (Å²) in [5.74, 6) is -2.95. The van der Waals surface area contributed by atoms with E-state index in [0.717, 1.165) is 16.7 Å². The van der Waals surface area contributed by atoms with Crippen LogP contribution in [0, 0.1) is 0 Å². The first kappa shape index (κ1) is 26.6. The predicted octanol–water partition coefficient (Wildman–Crippen LogP) is 4.37. The normalized spacial score (nSPS) is 13.2. The van der Waals surface area contributed by atoms with E-state index in [1.54, 1.807) is 12.1 Å². The number of pyridine rings is 1. The molecule has 0 spiro atoms. The quantitative estimate of drug-likeness (QED) is 0.288. The van der Waals surface area contributed by atoms with E-state index in [9.17, 15) is 19.2 Å². The summed E-state index contributed by atoms with van der Waals surface area (Å²) in [7, 11) is 0. The second kappa shape index (κ2) is 11.0. The molecule has 0 aliphatic heterocycles. The summed E-state index contributed by atoms with van der Waals surface area (Å²) in [5, 5.41) is 3.73. The van der Waals surface area contributed by atoms with E-state index in [2.05, 4.69) is 5.32 Å². The molecule has 1 aromatic heterocycles. The Morgan fingerprint density at radius 2 is 1.60 bits per heavy atom. The highest BCUT2D eigenvalue weighted by molar-refractivity contribution is 6.32. The molecule has 4 aromatic rings. The highest BCUT2D eigenvalue weighted by Crippen LogP contribution is 2.38. The lowest BCUT2D eigenvalue weighted by Crippen LogP contribution is -2.23. The SMILES string of the molecule is NC(=O)c1cc(NC(=O)COC(=O)c2c3c(nc4ccccc24)/C(=C\c2ccccc2Cl)CC3)cc(C(N)=O)c1. The van der Waals surface area contributed by atoms with Crippen molar-refractivity contribution >= 4 is 63.5 Å². The Bertz CT molecular complexity index is 1720. The molecule has 0 saturated carbocycles. The zero-order valence-electron chi connectivity index (χ0n) is 21.1. The van der Waals surface area contributed by atoms with Gasteiger partial charge in [0.2, 0.25) is 11.8 Å². The number of nitrogens with one attached hydrogen (secondary N) is 1. The Hall–Kier alpha value is -5.02. The van der Waals surface area contributed by atoms with Crippen molar-refractivity contribution in [2.24, 2.45) is 11.5 Å². The van der Waals surface area contributed by atoms with Crippen LogP contribution in [0.5, 0.6) is 0 Å². The summed E-state index contributed by atoms with van der Waals surface area (Å²) < 4.78 is 5.42. The first-order valence-electron chi connectivity index (χ1n) is 12.3. The molecular weight excluding hydrogens is 532 g/mol.